The molecule has 22 heavy (non-hydrogen) atoms. The number of azo groups is 1. The summed E-state index contributed by atoms with van der Waals surface area (Å²) in [5.74, 6) is 1.15. The van der Waals surface area contributed by atoms with E-state index in [9.17, 15) is 0 Å². The Morgan fingerprint density at radius 1 is 1.27 bits per heavy atom. The highest BCUT2D eigenvalue weighted by Gasteiger charge is 2.27. The molecule has 0 aromatic carbocycles. The van der Waals surface area contributed by atoms with E-state index >= 15 is 0 Å². The maximum atomic E-state index is 4.72. The van der Waals surface area contributed by atoms with Crippen LogP contribution < -0.4 is 0 Å². The Hall–Kier alpha value is -2.09. The fourth-order valence-electron chi connectivity index (χ4n) is 2.17. The summed E-state index contributed by atoms with van der Waals surface area (Å²) in [6.07, 6.45) is 1.71. The van der Waals surface area contributed by atoms with Crippen molar-refractivity contribution in [3.05, 3.63) is 23.1 Å². The van der Waals surface area contributed by atoms with Crippen LogP contribution in [0.5, 0.6) is 0 Å². The lowest BCUT2D eigenvalue weighted by molar-refractivity contribution is 0.558. The Morgan fingerprint density at radius 2 is 2.05 bits per heavy atom. The molecular formula is C14H19N7S. The van der Waals surface area contributed by atoms with E-state index in [4.69, 9.17) is 5.10 Å². The minimum atomic E-state index is -0.141. The Labute approximate surface area is 132 Å². The second-order valence-electron chi connectivity index (χ2n) is 6.46. The van der Waals surface area contributed by atoms with Crippen LogP contribution in [-0.4, -0.2) is 24.8 Å². The van der Waals surface area contributed by atoms with Gasteiger partial charge in [0.2, 0.25) is 5.13 Å². The van der Waals surface area contributed by atoms with Gasteiger partial charge in [0.15, 0.2) is 17.2 Å². The lowest BCUT2D eigenvalue weighted by Crippen LogP contribution is -2.13. The quantitative estimate of drug-likeness (QED) is 0.729. The molecular weight excluding hydrogens is 298 g/mol. The molecule has 0 spiro atoms. The van der Waals surface area contributed by atoms with Crippen molar-refractivity contribution in [1.29, 1.82) is 0 Å². The van der Waals surface area contributed by atoms with Crippen LogP contribution in [0, 0.1) is 0 Å². The fourth-order valence-corrected chi connectivity index (χ4v) is 2.62. The van der Waals surface area contributed by atoms with Crippen LogP contribution >= 0.6 is 11.3 Å². The van der Waals surface area contributed by atoms with E-state index in [1.807, 2.05) is 9.90 Å². The lowest BCUT2D eigenvalue weighted by atomic mass is 9.91. The molecule has 0 atom stereocenters. The minimum Gasteiger partial charge on any atom is -0.258 e. The number of nitrogens with one attached hydrogen (secondary N) is 1. The third-order valence-corrected chi connectivity index (χ3v) is 3.89. The Morgan fingerprint density at radius 3 is 2.64 bits per heavy atom. The molecule has 116 valence electrons. The topological polar surface area (TPSA) is 83.6 Å². The van der Waals surface area contributed by atoms with Gasteiger partial charge in [-0.3, -0.25) is 5.10 Å². The molecule has 7 nitrogen and oxygen atoms in total. The van der Waals surface area contributed by atoms with Gasteiger partial charge in [0.25, 0.3) is 0 Å². The van der Waals surface area contributed by atoms with Crippen molar-refractivity contribution in [3.8, 4) is 0 Å². The normalized spacial score (nSPS) is 13.0. The summed E-state index contributed by atoms with van der Waals surface area (Å²) in [6.45, 7) is 10.5. The van der Waals surface area contributed by atoms with Crippen LogP contribution in [0.3, 0.4) is 0 Å². The van der Waals surface area contributed by atoms with Crippen molar-refractivity contribution in [2.24, 2.45) is 10.2 Å². The average molecular weight is 317 g/mol. The molecule has 3 rings (SSSR count). The van der Waals surface area contributed by atoms with Gasteiger partial charge in [-0.1, -0.05) is 34.6 Å². The first-order valence-electron chi connectivity index (χ1n) is 7.16. The summed E-state index contributed by atoms with van der Waals surface area (Å²) in [6, 6.07) is 0. The van der Waals surface area contributed by atoms with Gasteiger partial charge in [-0.2, -0.15) is 14.7 Å². The van der Waals surface area contributed by atoms with Gasteiger partial charge in [0, 0.05) is 22.9 Å². The summed E-state index contributed by atoms with van der Waals surface area (Å²) in [5.41, 5.74) is 2.25. The van der Waals surface area contributed by atoms with Crippen molar-refractivity contribution >= 4 is 27.8 Å². The highest BCUT2D eigenvalue weighted by molar-refractivity contribution is 7.13. The third kappa shape index (κ3) is 2.54. The second kappa shape index (κ2) is 5.28. The number of H-pyrrole nitrogens is 1. The standard InChI is InChI=1S/C14H19N7S/c1-8(2)11-17-18-12-9(16-19-13-15-6-7-22-13)10(14(3,4)5)20-21(11)12/h6-8,18H,1-5H3. The van der Waals surface area contributed by atoms with Gasteiger partial charge in [-0.25, -0.2) is 4.98 Å². The highest BCUT2D eigenvalue weighted by atomic mass is 32.1. The second-order valence-corrected chi connectivity index (χ2v) is 7.33. The molecule has 0 saturated carbocycles. The number of fused-ring (bicyclic) bond motifs is 1. The summed E-state index contributed by atoms with van der Waals surface area (Å²) in [4.78, 5) is 4.13. The molecule has 0 bridgehead atoms. The average Bonchev–Trinajstić information content (AvgIpc) is 3.11. The lowest BCUT2D eigenvalue weighted by Gasteiger charge is -2.15. The van der Waals surface area contributed by atoms with Crippen molar-refractivity contribution in [1.82, 2.24) is 24.8 Å². The largest absolute Gasteiger partial charge is 0.258 e. The van der Waals surface area contributed by atoms with E-state index in [0.29, 0.717) is 5.13 Å². The number of rotatable bonds is 3. The van der Waals surface area contributed by atoms with Gasteiger partial charge in [-0.15, -0.1) is 21.6 Å². The number of aromatic nitrogens is 5. The van der Waals surface area contributed by atoms with Crippen molar-refractivity contribution in [2.75, 3.05) is 0 Å². The molecule has 1 N–H and O–H groups in total. The first-order valence-corrected chi connectivity index (χ1v) is 8.04. The van der Waals surface area contributed by atoms with Crippen molar-refractivity contribution in [3.63, 3.8) is 0 Å². The fraction of sp³-hybridized carbons (Fsp3) is 0.500. The van der Waals surface area contributed by atoms with E-state index < -0.39 is 0 Å². The Bertz CT molecular complexity index is 802. The maximum absolute atomic E-state index is 4.72. The van der Waals surface area contributed by atoms with Gasteiger partial charge in [0.1, 0.15) is 0 Å². The van der Waals surface area contributed by atoms with Gasteiger partial charge in [0.05, 0.1) is 5.69 Å². The van der Waals surface area contributed by atoms with Crippen LogP contribution in [-0.2, 0) is 5.41 Å². The minimum absolute atomic E-state index is 0.141. The monoisotopic (exact) mass is 317 g/mol. The summed E-state index contributed by atoms with van der Waals surface area (Å²) >= 11 is 1.45. The smallest absolute Gasteiger partial charge is 0.229 e. The van der Waals surface area contributed by atoms with E-state index in [1.54, 1.807) is 6.20 Å². The highest BCUT2D eigenvalue weighted by Crippen LogP contribution is 2.35. The molecule has 0 saturated heterocycles. The third-order valence-electron chi connectivity index (χ3n) is 3.24. The van der Waals surface area contributed by atoms with E-state index in [2.05, 4.69) is 60.0 Å². The van der Waals surface area contributed by atoms with Gasteiger partial charge < -0.3 is 0 Å². The number of nitrogens with zero attached hydrogens (tertiary/aromatic N) is 6. The summed E-state index contributed by atoms with van der Waals surface area (Å²) < 4.78 is 1.83. The SMILES string of the molecule is CC(C)c1n[nH]c2c(N=Nc3nccs3)c(C(C)(C)C)nn12. The van der Waals surface area contributed by atoms with Crippen LogP contribution in [0.4, 0.5) is 10.8 Å². The molecule has 0 unspecified atom stereocenters. The molecule has 0 fully saturated rings. The summed E-state index contributed by atoms with van der Waals surface area (Å²) in [5, 5.41) is 23.2. The zero-order valence-electron chi connectivity index (χ0n) is 13.3. The number of thiazole rings is 1. The van der Waals surface area contributed by atoms with Crippen LogP contribution in [0.1, 0.15) is 52.1 Å². The molecule has 3 aromatic heterocycles. The first kappa shape index (κ1) is 14.8. The number of aromatic amines is 1. The molecule has 0 aliphatic rings. The van der Waals surface area contributed by atoms with Crippen molar-refractivity contribution in [2.45, 2.75) is 46.0 Å². The van der Waals surface area contributed by atoms with E-state index in [0.717, 1.165) is 22.9 Å². The van der Waals surface area contributed by atoms with E-state index in [-0.39, 0.29) is 11.3 Å². The molecule has 0 amide bonds. The first-order chi connectivity index (χ1) is 10.4. The Balaban J connectivity index is 2.17. The van der Waals surface area contributed by atoms with Crippen LogP contribution in [0.15, 0.2) is 21.8 Å². The number of hydrogen-bond acceptors (Lipinski definition) is 6. The van der Waals surface area contributed by atoms with E-state index in [1.165, 1.54) is 11.3 Å². The zero-order chi connectivity index (χ0) is 15.9. The molecule has 0 radical (unpaired) electrons. The van der Waals surface area contributed by atoms with Crippen LogP contribution in [0.25, 0.3) is 5.65 Å². The van der Waals surface area contributed by atoms with Gasteiger partial charge >= 0.3 is 0 Å². The number of hydrogen-bond donors (Lipinski definition) is 1. The van der Waals surface area contributed by atoms with Gasteiger partial charge in [-0.05, 0) is 0 Å². The molecule has 3 heterocycles. The molecule has 0 aliphatic carbocycles. The van der Waals surface area contributed by atoms with Crippen molar-refractivity contribution < 1.29 is 0 Å². The maximum Gasteiger partial charge on any atom is 0.229 e. The molecule has 8 heteroatoms. The summed E-state index contributed by atoms with van der Waals surface area (Å²) in [7, 11) is 0. The zero-order valence-corrected chi connectivity index (χ0v) is 14.1. The molecule has 0 aliphatic heterocycles. The predicted molar refractivity (Wildman–Crippen MR) is 86.4 cm³/mol. The van der Waals surface area contributed by atoms with Crippen LogP contribution in [0.2, 0.25) is 0 Å². The predicted octanol–water partition coefficient (Wildman–Crippen LogP) is 4.35. The molecule has 3 aromatic rings. The Kier molecular flexibility index (Phi) is 3.56.